The molecule has 35 heavy (non-hydrogen) atoms. The Morgan fingerprint density at radius 1 is 1.06 bits per heavy atom. The molecule has 1 heterocycles. The minimum Gasteiger partial charge on any atom is -0.481 e. The molecule has 0 saturated carbocycles. The van der Waals surface area contributed by atoms with E-state index in [1.807, 2.05) is 52.0 Å². The zero-order valence-electron chi connectivity index (χ0n) is 20.8. The Morgan fingerprint density at radius 2 is 1.63 bits per heavy atom. The van der Waals surface area contributed by atoms with Crippen LogP contribution in [0.5, 0.6) is 0 Å². The topological polar surface area (TPSA) is 95.9 Å². The van der Waals surface area contributed by atoms with Gasteiger partial charge in [-0.1, -0.05) is 76.2 Å². The number of hydrogen-bond acceptors (Lipinski definition) is 4. The summed E-state index contributed by atoms with van der Waals surface area (Å²) in [5.41, 5.74) is 4.12. The molecular weight excluding hydrogens is 444 g/mol. The van der Waals surface area contributed by atoms with Crippen molar-refractivity contribution < 1.29 is 24.2 Å². The smallest absolute Gasteiger partial charge is 0.407 e. The number of hydrogen-bond donors (Lipinski definition) is 2. The highest BCUT2D eigenvalue weighted by molar-refractivity contribution is 5.81. The predicted octanol–water partition coefficient (Wildman–Crippen LogP) is 4.51. The van der Waals surface area contributed by atoms with Crippen molar-refractivity contribution >= 4 is 18.0 Å². The molecule has 7 nitrogen and oxygen atoms in total. The van der Waals surface area contributed by atoms with E-state index in [1.54, 1.807) is 4.90 Å². The van der Waals surface area contributed by atoms with E-state index in [9.17, 15) is 19.5 Å². The molecule has 2 aromatic rings. The van der Waals surface area contributed by atoms with Crippen molar-refractivity contribution in [3.63, 3.8) is 0 Å². The highest BCUT2D eigenvalue weighted by Gasteiger charge is 2.45. The number of carboxylic acids is 1. The van der Waals surface area contributed by atoms with Crippen molar-refractivity contribution in [1.29, 1.82) is 0 Å². The number of aliphatic carboxylic acids is 1. The zero-order chi connectivity index (χ0) is 25.3. The molecule has 4 rings (SSSR count). The van der Waals surface area contributed by atoms with Crippen molar-refractivity contribution in [3.8, 4) is 11.1 Å². The molecule has 0 bridgehead atoms. The molecule has 2 aliphatic rings. The molecule has 0 radical (unpaired) electrons. The molecule has 0 spiro atoms. The summed E-state index contributed by atoms with van der Waals surface area (Å²) in [6.07, 6.45) is -0.451. The molecule has 2 N–H and O–H groups in total. The lowest BCUT2D eigenvalue weighted by Crippen LogP contribution is -2.43. The van der Waals surface area contributed by atoms with Gasteiger partial charge in [0.25, 0.3) is 0 Å². The van der Waals surface area contributed by atoms with E-state index in [-0.39, 0.29) is 37.3 Å². The summed E-state index contributed by atoms with van der Waals surface area (Å²) < 4.78 is 5.66. The van der Waals surface area contributed by atoms with Gasteiger partial charge in [0.1, 0.15) is 6.61 Å². The van der Waals surface area contributed by atoms with Crippen LogP contribution in [0.3, 0.4) is 0 Å². The van der Waals surface area contributed by atoms with Gasteiger partial charge in [0.05, 0.1) is 5.92 Å². The summed E-state index contributed by atoms with van der Waals surface area (Å²) in [7, 11) is 0. The predicted molar refractivity (Wildman–Crippen MR) is 133 cm³/mol. The Kier molecular flexibility index (Phi) is 6.88. The van der Waals surface area contributed by atoms with E-state index >= 15 is 0 Å². The molecule has 186 valence electrons. The quantitative estimate of drug-likeness (QED) is 0.611. The second-order valence-electron chi connectivity index (χ2n) is 10.7. The van der Waals surface area contributed by atoms with Crippen LogP contribution >= 0.6 is 0 Å². The molecule has 2 aromatic carbocycles. The fraction of sp³-hybridized carbons (Fsp3) is 0.464. The number of benzene rings is 2. The largest absolute Gasteiger partial charge is 0.481 e. The van der Waals surface area contributed by atoms with Crippen LogP contribution in [0.1, 0.15) is 51.2 Å². The van der Waals surface area contributed by atoms with Crippen molar-refractivity contribution in [2.24, 2.45) is 17.3 Å². The van der Waals surface area contributed by atoms with E-state index in [0.29, 0.717) is 6.54 Å². The summed E-state index contributed by atoms with van der Waals surface area (Å²) in [5, 5.41) is 12.4. The first-order chi connectivity index (χ1) is 16.6. The van der Waals surface area contributed by atoms with Gasteiger partial charge in [0, 0.05) is 31.5 Å². The van der Waals surface area contributed by atoms with Crippen molar-refractivity contribution in [1.82, 2.24) is 10.2 Å². The van der Waals surface area contributed by atoms with Gasteiger partial charge < -0.3 is 20.1 Å². The Hall–Kier alpha value is -3.35. The van der Waals surface area contributed by atoms with Crippen LogP contribution in [0, 0.1) is 17.3 Å². The van der Waals surface area contributed by atoms with Crippen LogP contribution in [0.4, 0.5) is 4.79 Å². The van der Waals surface area contributed by atoms with Crippen LogP contribution in [0.2, 0.25) is 0 Å². The number of nitrogens with zero attached hydrogens (tertiary/aromatic N) is 1. The number of likely N-dealkylation sites (tertiary alicyclic amines) is 1. The lowest BCUT2D eigenvalue weighted by Gasteiger charge is -2.26. The maximum Gasteiger partial charge on any atom is 0.407 e. The van der Waals surface area contributed by atoms with E-state index in [4.69, 9.17) is 4.74 Å². The fourth-order valence-corrected chi connectivity index (χ4v) is 5.30. The normalized spacial score (nSPS) is 19.2. The van der Waals surface area contributed by atoms with E-state index < -0.39 is 29.4 Å². The first-order valence-electron chi connectivity index (χ1n) is 12.2. The third kappa shape index (κ3) is 5.04. The zero-order valence-corrected chi connectivity index (χ0v) is 20.8. The van der Waals surface area contributed by atoms with Crippen molar-refractivity contribution in [2.75, 3.05) is 19.7 Å². The number of carboxylic acid groups (broad SMARTS) is 1. The molecule has 1 saturated heterocycles. The molecule has 1 aliphatic heterocycles. The van der Waals surface area contributed by atoms with E-state index in [1.165, 1.54) is 0 Å². The SMILES string of the molecule is CC(C)C(CC(=O)N1CC(C(=O)O)C(C)(C)C1)NC(=O)OCC1c2ccccc2-c2ccccc21. The Labute approximate surface area is 206 Å². The maximum absolute atomic E-state index is 13.0. The van der Waals surface area contributed by atoms with Crippen molar-refractivity contribution in [2.45, 2.75) is 46.1 Å². The van der Waals surface area contributed by atoms with Gasteiger partial charge in [-0.2, -0.15) is 0 Å². The van der Waals surface area contributed by atoms with Gasteiger partial charge in [-0.15, -0.1) is 0 Å². The number of carbonyl (C=O) groups is 3. The van der Waals surface area contributed by atoms with Gasteiger partial charge in [-0.05, 0) is 33.6 Å². The second-order valence-corrected chi connectivity index (χ2v) is 10.7. The van der Waals surface area contributed by atoms with Gasteiger partial charge in [0.15, 0.2) is 0 Å². The van der Waals surface area contributed by atoms with Crippen molar-refractivity contribution in [3.05, 3.63) is 59.7 Å². The highest BCUT2D eigenvalue weighted by atomic mass is 16.5. The van der Waals surface area contributed by atoms with E-state index in [2.05, 4.69) is 29.6 Å². The number of rotatable bonds is 7. The number of amides is 2. The van der Waals surface area contributed by atoms with Gasteiger partial charge in [-0.25, -0.2) is 4.79 Å². The lowest BCUT2D eigenvalue weighted by atomic mass is 9.82. The Balaban J connectivity index is 1.37. The third-order valence-electron chi connectivity index (χ3n) is 7.44. The monoisotopic (exact) mass is 478 g/mol. The number of ether oxygens (including phenoxy) is 1. The van der Waals surface area contributed by atoms with Gasteiger partial charge >= 0.3 is 12.1 Å². The van der Waals surface area contributed by atoms with Crippen LogP contribution in [0.15, 0.2) is 48.5 Å². The maximum atomic E-state index is 13.0. The summed E-state index contributed by atoms with van der Waals surface area (Å²) >= 11 is 0. The second kappa shape index (κ2) is 9.72. The van der Waals surface area contributed by atoms with Gasteiger partial charge in [-0.3, -0.25) is 9.59 Å². The molecule has 0 aromatic heterocycles. The van der Waals surface area contributed by atoms with Crippen LogP contribution in [-0.2, 0) is 14.3 Å². The number of nitrogens with one attached hydrogen (secondary N) is 1. The molecule has 7 heteroatoms. The van der Waals surface area contributed by atoms with Crippen LogP contribution in [-0.4, -0.2) is 53.7 Å². The average Bonchev–Trinajstić information content (AvgIpc) is 3.31. The molecule has 1 aliphatic carbocycles. The Morgan fingerprint density at radius 3 is 2.14 bits per heavy atom. The molecular formula is C28H34N2O5. The number of alkyl carbamates (subject to hydrolysis) is 1. The average molecular weight is 479 g/mol. The first kappa shape index (κ1) is 24.8. The highest BCUT2D eigenvalue weighted by Crippen LogP contribution is 2.44. The molecule has 2 unspecified atom stereocenters. The number of carbonyl (C=O) groups excluding carboxylic acids is 2. The summed E-state index contributed by atoms with van der Waals surface area (Å²) in [5.74, 6) is -1.67. The minimum absolute atomic E-state index is 0.00492. The molecule has 2 amide bonds. The fourth-order valence-electron chi connectivity index (χ4n) is 5.30. The van der Waals surface area contributed by atoms with Crippen LogP contribution < -0.4 is 5.32 Å². The molecule has 1 fully saturated rings. The summed E-state index contributed by atoms with van der Waals surface area (Å²) in [6, 6.07) is 15.9. The number of fused-ring (bicyclic) bond motifs is 3. The Bertz CT molecular complexity index is 1080. The minimum atomic E-state index is -0.887. The molecule has 2 atom stereocenters. The van der Waals surface area contributed by atoms with Gasteiger partial charge in [0.2, 0.25) is 5.91 Å². The first-order valence-corrected chi connectivity index (χ1v) is 12.2. The third-order valence-corrected chi connectivity index (χ3v) is 7.44. The lowest BCUT2D eigenvalue weighted by molar-refractivity contribution is -0.144. The summed E-state index contributed by atoms with van der Waals surface area (Å²) in [6.45, 7) is 8.40. The van der Waals surface area contributed by atoms with Crippen LogP contribution in [0.25, 0.3) is 11.1 Å². The van der Waals surface area contributed by atoms with E-state index in [0.717, 1.165) is 22.3 Å². The standard InChI is InChI=1S/C28H34N2O5/c1-17(2)24(13-25(31)30-14-23(26(32)33)28(3,4)16-30)29-27(34)35-15-22-20-11-7-5-9-18(20)19-10-6-8-12-21(19)22/h5-12,17,22-24H,13-16H2,1-4H3,(H,29,34)(H,32,33). The summed E-state index contributed by atoms with van der Waals surface area (Å²) in [4.78, 5) is 38.9.